The highest BCUT2D eigenvalue weighted by Gasteiger charge is 2.48. The molecule has 0 saturated carbocycles. The zero-order valence-corrected chi connectivity index (χ0v) is 33.7. The van der Waals surface area contributed by atoms with Crippen LogP contribution in [0.15, 0.2) is 162 Å². The van der Waals surface area contributed by atoms with Crippen LogP contribution < -0.4 is 9.80 Å². The molecule has 3 aliphatic carbocycles. The molecule has 0 N–H and O–H groups in total. The van der Waals surface area contributed by atoms with Gasteiger partial charge in [-0.15, -0.1) is 23.1 Å². The molecule has 0 fully saturated rings. The highest BCUT2D eigenvalue weighted by molar-refractivity contribution is 8.00. The maximum absolute atomic E-state index is 2.65. The van der Waals surface area contributed by atoms with E-state index in [1.807, 2.05) is 23.1 Å². The standard InChI is InChI=1S/C52H42N2S2/c1-51(2)41-17-9-5-13-35(41)39-29-33(25-27-43(39)51)53(34-26-28-44-40(30-34)36-14-6-10-18-42(36)52(44,3)4)31-21-23-32(24-22-31)54-47-37-15-7-11-19-45(37)55-49(47)50-48(54)38-16-8-12-20-46(38)56-50/h5-13,15-30,36,47,49H,14H2,1-4H3. The molecule has 12 rings (SSSR count). The van der Waals surface area contributed by atoms with Gasteiger partial charge in [0.15, 0.2) is 0 Å². The van der Waals surface area contributed by atoms with E-state index in [-0.39, 0.29) is 16.9 Å². The minimum absolute atomic E-state index is 0.0219. The molecule has 0 saturated heterocycles. The molecule has 272 valence electrons. The summed E-state index contributed by atoms with van der Waals surface area (Å²) in [5, 5.41) is 1.75. The van der Waals surface area contributed by atoms with Crippen LogP contribution in [0.5, 0.6) is 0 Å². The first kappa shape index (κ1) is 32.9. The normalized spacial score (nSPS) is 21.2. The lowest BCUT2D eigenvalue weighted by Crippen LogP contribution is -2.19. The number of anilines is 5. The van der Waals surface area contributed by atoms with Gasteiger partial charge >= 0.3 is 0 Å². The minimum atomic E-state index is -0.0390. The number of thiophene rings is 1. The molecule has 7 aromatic rings. The van der Waals surface area contributed by atoms with Crippen LogP contribution in [-0.2, 0) is 10.8 Å². The van der Waals surface area contributed by atoms with Crippen LogP contribution in [0.25, 0.3) is 21.2 Å². The lowest BCUT2D eigenvalue weighted by atomic mass is 9.79. The van der Waals surface area contributed by atoms with E-state index in [2.05, 4.69) is 189 Å². The molecule has 2 nitrogen and oxygen atoms in total. The van der Waals surface area contributed by atoms with E-state index in [0.29, 0.717) is 11.2 Å². The summed E-state index contributed by atoms with van der Waals surface area (Å²) in [5.41, 5.74) is 17.6. The highest BCUT2D eigenvalue weighted by atomic mass is 32.2. The van der Waals surface area contributed by atoms with Crippen molar-refractivity contribution in [1.82, 2.24) is 0 Å². The molecule has 0 amide bonds. The zero-order valence-electron chi connectivity index (χ0n) is 32.1. The van der Waals surface area contributed by atoms with E-state index in [4.69, 9.17) is 0 Å². The van der Waals surface area contributed by atoms with Crippen LogP contribution in [0.2, 0.25) is 0 Å². The molecular weight excluding hydrogens is 717 g/mol. The van der Waals surface area contributed by atoms with Gasteiger partial charge in [0, 0.05) is 59.4 Å². The van der Waals surface area contributed by atoms with Crippen molar-refractivity contribution in [3.63, 3.8) is 0 Å². The number of allylic oxidation sites excluding steroid dienone is 4. The summed E-state index contributed by atoms with van der Waals surface area (Å²) in [6.45, 7) is 9.54. The van der Waals surface area contributed by atoms with E-state index < -0.39 is 0 Å². The van der Waals surface area contributed by atoms with Gasteiger partial charge in [-0.05, 0) is 106 Å². The van der Waals surface area contributed by atoms with Crippen LogP contribution >= 0.6 is 23.1 Å². The van der Waals surface area contributed by atoms with Gasteiger partial charge in [-0.25, -0.2) is 0 Å². The smallest absolute Gasteiger partial charge is 0.0774 e. The average Bonchev–Trinajstić information content (AvgIpc) is 3.98. The van der Waals surface area contributed by atoms with Crippen molar-refractivity contribution in [3.05, 3.63) is 190 Å². The Bertz CT molecular complexity index is 2850. The Hall–Kier alpha value is -5.29. The van der Waals surface area contributed by atoms with E-state index in [9.17, 15) is 0 Å². The average molecular weight is 759 g/mol. The molecule has 0 spiro atoms. The summed E-state index contributed by atoms with van der Waals surface area (Å²) >= 11 is 4.02. The molecule has 3 heterocycles. The van der Waals surface area contributed by atoms with Crippen LogP contribution in [-0.4, -0.2) is 0 Å². The number of fused-ring (bicyclic) bond motifs is 13. The molecule has 1 aromatic heterocycles. The van der Waals surface area contributed by atoms with E-state index in [1.165, 1.54) is 92.8 Å². The Morgan fingerprint density at radius 1 is 0.643 bits per heavy atom. The van der Waals surface area contributed by atoms with Gasteiger partial charge in [0.2, 0.25) is 0 Å². The molecule has 4 heteroatoms. The molecule has 5 aliphatic rings. The Balaban J connectivity index is 1.02. The highest BCUT2D eigenvalue weighted by Crippen LogP contribution is 2.67. The number of rotatable bonds is 4. The van der Waals surface area contributed by atoms with Gasteiger partial charge < -0.3 is 9.80 Å². The largest absolute Gasteiger partial charge is 0.331 e. The summed E-state index contributed by atoms with van der Waals surface area (Å²) in [5.74, 6) is 0.423. The van der Waals surface area contributed by atoms with Crippen molar-refractivity contribution in [2.45, 2.75) is 67.1 Å². The Morgan fingerprint density at radius 3 is 2.23 bits per heavy atom. The fourth-order valence-corrected chi connectivity index (χ4v) is 13.8. The van der Waals surface area contributed by atoms with E-state index >= 15 is 0 Å². The summed E-state index contributed by atoms with van der Waals surface area (Å²) in [7, 11) is 0. The molecule has 0 bridgehead atoms. The minimum Gasteiger partial charge on any atom is -0.331 e. The van der Waals surface area contributed by atoms with E-state index in [1.54, 1.807) is 0 Å². The molecule has 0 radical (unpaired) electrons. The summed E-state index contributed by atoms with van der Waals surface area (Å²) in [6, 6.07) is 51.2. The van der Waals surface area contributed by atoms with Crippen LogP contribution in [0, 0.1) is 0 Å². The van der Waals surface area contributed by atoms with Gasteiger partial charge in [0.25, 0.3) is 0 Å². The van der Waals surface area contributed by atoms with Crippen molar-refractivity contribution in [2.24, 2.45) is 0 Å². The molecule has 3 unspecified atom stereocenters. The number of benzene rings is 6. The maximum atomic E-state index is 2.65. The van der Waals surface area contributed by atoms with Gasteiger partial charge in [0.05, 0.1) is 17.0 Å². The van der Waals surface area contributed by atoms with E-state index in [0.717, 1.165) is 6.42 Å². The predicted octanol–water partition coefficient (Wildman–Crippen LogP) is 15.0. The third-order valence-electron chi connectivity index (χ3n) is 13.6. The monoisotopic (exact) mass is 758 g/mol. The zero-order chi connectivity index (χ0) is 37.5. The van der Waals surface area contributed by atoms with Crippen LogP contribution in [0.1, 0.15) is 84.0 Å². The number of hydrogen-bond donors (Lipinski definition) is 0. The summed E-state index contributed by atoms with van der Waals surface area (Å²) in [4.78, 5) is 8.06. The van der Waals surface area contributed by atoms with Crippen molar-refractivity contribution in [3.8, 4) is 11.1 Å². The fraction of sp³-hybridized carbons (Fsp3) is 0.192. The fourth-order valence-electron chi connectivity index (χ4n) is 10.9. The third kappa shape index (κ3) is 4.40. The second-order valence-corrected chi connectivity index (χ2v) is 19.5. The summed E-state index contributed by atoms with van der Waals surface area (Å²) < 4.78 is 1.37. The lowest BCUT2D eigenvalue weighted by molar-refractivity contribution is 0.612. The first-order valence-electron chi connectivity index (χ1n) is 20.0. The first-order chi connectivity index (χ1) is 27.3. The Kier molecular flexibility index (Phi) is 6.83. The molecule has 2 aliphatic heterocycles. The number of thioether (sulfide) groups is 1. The molecular formula is C52H42N2S2. The first-order valence-corrected chi connectivity index (χ1v) is 21.7. The van der Waals surface area contributed by atoms with Crippen molar-refractivity contribution >= 4 is 61.6 Å². The molecule has 6 aromatic carbocycles. The predicted molar refractivity (Wildman–Crippen MR) is 238 cm³/mol. The van der Waals surface area contributed by atoms with Gasteiger partial charge in [-0.3, -0.25) is 0 Å². The lowest BCUT2D eigenvalue weighted by Gasteiger charge is -2.30. The maximum Gasteiger partial charge on any atom is 0.0774 e. The summed E-state index contributed by atoms with van der Waals surface area (Å²) in [6.07, 6.45) is 8.03. The van der Waals surface area contributed by atoms with Crippen LogP contribution in [0.4, 0.5) is 28.4 Å². The Labute approximate surface area is 337 Å². The van der Waals surface area contributed by atoms with Gasteiger partial charge in [-0.1, -0.05) is 124 Å². The molecule has 3 atom stereocenters. The second kappa shape index (κ2) is 11.6. The topological polar surface area (TPSA) is 6.48 Å². The second-order valence-electron chi connectivity index (χ2n) is 17.2. The Morgan fingerprint density at radius 2 is 1.36 bits per heavy atom. The van der Waals surface area contributed by atoms with Crippen molar-refractivity contribution < 1.29 is 0 Å². The quantitative estimate of drug-likeness (QED) is 0.176. The third-order valence-corrected chi connectivity index (χ3v) is 16.4. The van der Waals surface area contributed by atoms with Crippen molar-refractivity contribution in [2.75, 3.05) is 9.80 Å². The number of hydrogen-bond acceptors (Lipinski definition) is 4. The van der Waals surface area contributed by atoms with Gasteiger partial charge in [-0.2, -0.15) is 0 Å². The SMILES string of the molecule is CC1(C)C2=CC=CCC2c2cc(N(c3ccc(N4c5c(sc6ccccc56)C5Sc6ccccc6C54)cc3)c3ccc4c(c3)-c3ccccc3C4(C)C)ccc21. The van der Waals surface area contributed by atoms with Gasteiger partial charge in [0.1, 0.15) is 0 Å². The number of nitrogens with zero attached hydrogens (tertiary/aromatic N) is 2. The van der Waals surface area contributed by atoms with Crippen molar-refractivity contribution in [1.29, 1.82) is 0 Å². The van der Waals surface area contributed by atoms with Crippen LogP contribution in [0.3, 0.4) is 0 Å². The molecule has 56 heavy (non-hydrogen) atoms.